The van der Waals surface area contributed by atoms with Gasteiger partial charge in [0.1, 0.15) is 5.75 Å². The number of hydrogen-bond acceptors (Lipinski definition) is 1. The average Bonchev–Trinajstić information content (AvgIpc) is 2.34. The van der Waals surface area contributed by atoms with E-state index in [9.17, 15) is 0 Å². The Morgan fingerprint density at radius 1 is 1.25 bits per heavy atom. The Labute approximate surface area is 99.8 Å². The Kier molecular flexibility index (Phi) is 5.99. The van der Waals surface area contributed by atoms with Gasteiger partial charge in [-0.1, -0.05) is 44.7 Å². The Hall–Kier alpha value is -0.980. The fourth-order valence-corrected chi connectivity index (χ4v) is 1.88. The van der Waals surface area contributed by atoms with E-state index in [4.69, 9.17) is 4.74 Å². The number of ether oxygens (including phenoxy) is 1. The maximum atomic E-state index is 5.22. The molecule has 1 radical (unpaired) electrons. The molecule has 16 heavy (non-hydrogen) atoms. The van der Waals surface area contributed by atoms with Gasteiger partial charge in [-0.05, 0) is 37.0 Å². The molecule has 1 atom stereocenters. The molecule has 89 valence electrons. The van der Waals surface area contributed by atoms with Gasteiger partial charge in [0.15, 0.2) is 0 Å². The molecule has 0 saturated heterocycles. The predicted molar refractivity (Wildman–Crippen MR) is 69.9 cm³/mol. The molecular formula is C15H23O. The molecule has 1 aromatic carbocycles. The van der Waals surface area contributed by atoms with Crippen LogP contribution in [-0.2, 0) is 0 Å². The molecule has 1 aromatic rings. The SMILES string of the molecule is [CH2]C(CCCCCC)c1cccc(OC)c1. The van der Waals surface area contributed by atoms with Gasteiger partial charge < -0.3 is 4.74 Å². The van der Waals surface area contributed by atoms with E-state index in [1.807, 2.05) is 12.1 Å². The number of rotatable bonds is 7. The van der Waals surface area contributed by atoms with Gasteiger partial charge in [0, 0.05) is 0 Å². The Morgan fingerprint density at radius 3 is 2.75 bits per heavy atom. The lowest BCUT2D eigenvalue weighted by atomic mass is 9.95. The largest absolute Gasteiger partial charge is 0.497 e. The third kappa shape index (κ3) is 4.26. The second kappa shape index (κ2) is 7.32. The zero-order chi connectivity index (χ0) is 11.8. The molecule has 0 amide bonds. The van der Waals surface area contributed by atoms with Gasteiger partial charge in [0.05, 0.1) is 7.11 Å². The predicted octanol–water partition coefficient (Wildman–Crippen LogP) is 4.58. The average molecular weight is 219 g/mol. The summed E-state index contributed by atoms with van der Waals surface area (Å²) in [6, 6.07) is 8.25. The molecule has 0 aliphatic rings. The van der Waals surface area contributed by atoms with Gasteiger partial charge in [-0.3, -0.25) is 0 Å². The van der Waals surface area contributed by atoms with Crippen LogP contribution in [0, 0.1) is 6.92 Å². The van der Waals surface area contributed by atoms with E-state index in [0.717, 1.165) is 5.75 Å². The molecule has 0 aromatic heterocycles. The normalized spacial score (nSPS) is 12.4. The molecule has 0 N–H and O–H groups in total. The summed E-state index contributed by atoms with van der Waals surface area (Å²) in [6.45, 7) is 6.47. The van der Waals surface area contributed by atoms with Crippen LogP contribution in [0.5, 0.6) is 5.75 Å². The molecule has 0 spiro atoms. The molecule has 0 saturated carbocycles. The molecule has 0 aliphatic carbocycles. The third-order valence-electron chi connectivity index (χ3n) is 2.97. The monoisotopic (exact) mass is 219 g/mol. The highest BCUT2D eigenvalue weighted by molar-refractivity contribution is 5.31. The van der Waals surface area contributed by atoms with E-state index in [2.05, 4.69) is 26.0 Å². The highest BCUT2D eigenvalue weighted by Crippen LogP contribution is 2.24. The van der Waals surface area contributed by atoms with Crippen LogP contribution in [-0.4, -0.2) is 7.11 Å². The van der Waals surface area contributed by atoms with Crippen molar-refractivity contribution in [2.75, 3.05) is 7.11 Å². The van der Waals surface area contributed by atoms with E-state index in [1.54, 1.807) is 7.11 Å². The van der Waals surface area contributed by atoms with Crippen LogP contribution < -0.4 is 4.74 Å². The second-order valence-electron chi connectivity index (χ2n) is 4.32. The summed E-state index contributed by atoms with van der Waals surface area (Å²) < 4.78 is 5.22. The van der Waals surface area contributed by atoms with E-state index in [-0.39, 0.29) is 0 Å². The minimum atomic E-state index is 0.395. The van der Waals surface area contributed by atoms with E-state index in [1.165, 1.54) is 37.7 Å². The summed E-state index contributed by atoms with van der Waals surface area (Å²) >= 11 is 0. The highest BCUT2D eigenvalue weighted by atomic mass is 16.5. The maximum Gasteiger partial charge on any atom is 0.119 e. The van der Waals surface area contributed by atoms with Crippen molar-refractivity contribution < 1.29 is 4.74 Å². The fourth-order valence-electron chi connectivity index (χ4n) is 1.88. The highest BCUT2D eigenvalue weighted by Gasteiger charge is 2.06. The smallest absolute Gasteiger partial charge is 0.119 e. The topological polar surface area (TPSA) is 9.23 Å². The number of hydrogen-bond donors (Lipinski definition) is 0. The lowest BCUT2D eigenvalue weighted by Crippen LogP contribution is -1.95. The van der Waals surface area contributed by atoms with Crippen LogP contribution in [0.3, 0.4) is 0 Å². The van der Waals surface area contributed by atoms with Crippen LogP contribution in [0.2, 0.25) is 0 Å². The molecule has 0 fully saturated rings. The third-order valence-corrected chi connectivity index (χ3v) is 2.97. The van der Waals surface area contributed by atoms with E-state index < -0.39 is 0 Å². The first-order valence-corrected chi connectivity index (χ1v) is 6.25. The van der Waals surface area contributed by atoms with Crippen molar-refractivity contribution in [2.24, 2.45) is 0 Å². The van der Waals surface area contributed by atoms with Gasteiger partial charge >= 0.3 is 0 Å². The summed E-state index contributed by atoms with van der Waals surface area (Å²) in [5.74, 6) is 1.33. The van der Waals surface area contributed by atoms with E-state index in [0.29, 0.717) is 5.92 Å². The Bertz CT molecular complexity index is 293. The maximum absolute atomic E-state index is 5.22. The zero-order valence-corrected chi connectivity index (χ0v) is 10.5. The van der Waals surface area contributed by atoms with Crippen LogP contribution in [0.25, 0.3) is 0 Å². The first-order chi connectivity index (χ1) is 7.77. The first-order valence-electron chi connectivity index (χ1n) is 6.25. The van der Waals surface area contributed by atoms with Crippen molar-refractivity contribution >= 4 is 0 Å². The fraction of sp³-hybridized carbons (Fsp3) is 0.533. The molecule has 1 heteroatoms. The van der Waals surface area contributed by atoms with Crippen LogP contribution in [0.15, 0.2) is 24.3 Å². The number of benzene rings is 1. The van der Waals surface area contributed by atoms with Crippen molar-refractivity contribution in [1.29, 1.82) is 0 Å². The molecule has 0 aliphatic heterocycles. The molecule has 0 bridgehead atoms. The van der Waals surface area contributed by atoms with Crippen LogP contribution >= 0.6 is 0 Å². The van der Waals surface area contributed by atoms with Crippen LogP contribution in [0.1, 0.15) is 50.5 Å². The standard InChI is InChI=1S/C15H23O/c1-4-5-6-7-9-13(2)14-10-8-11-15(12-14)16-3/h8,10-13H,2,4-7,9H2,1,3H3. The zero-order valence-electron chi connectivity index (χ0n) is 10.5. The van der Waals surface area contributed by atoms with Gasteiger partial charge in [-0.25, -0.2) is 0 Å². The summed E-state index contributed by atoms with van der Waals surface area (Å²) in [4.78, 5) is 0. The first kappa shape index (κ1) is 13.1. The summed E-state index contributed by atoms with van der Waals surface area (Å²) in [6.07, 6.45) is 6.41. The van der Waals surface area contributed by atoms with Crippen molar-refractivity contribution in [3.63, 3.8) is 0 Å². The van der Waals surface area contributed by atoms with Crippen molar-refractivity contribution in [2.45, 2.75) is 44.9 Å². The van der Waals surface area contributed by atoms with Crippen molar-refractivity contribution in [3.8, 4) is 5.75 Å². The van der Waals surface area contributed by atoms with Crippen LogP contribution in [0.4, 0.5) is 0 Å². The number of methoxy groups -OCH3 is 1. The molecule has 1 nitrogen and oxygen atoms in total. The number of unbranched alkanes of at least 4 members (excludes halogenated alkanes) is 3. The summed E-state index contributed by atoms with van der Waals surface area (Å²) in [5, 5.41) is 0. The minimum absolute atomic E-state index is 0.395. The van der Waals surface area contributed by atoms with Crippen molar-refractivity contribution in [1.82, 2.24) is 0 Å². The molecule has 1 unspecified atom stereocenters. The second-order valence-corrected chi connectivity index (χ2v) is 4.32. The van der Waals surface area contributed by atoms with Gasteiger partial charge in [0.2, 0.25) is 0 Å². The van der Waals surface area contributed by atoms with Gasteiger partial charge in [0.25, 0.3) is 0 Å². The Balaban J connectivity index is 2.42. The minimum Gasteiger partial charge on any atom is -0.497 e. The molecule has 1 rings (SSSR count). The lowest BCUT2D eigenvalue weighted by Gasteiger charge is -2.12. The lowest BCUT2D eigenvalue weighted by molar-refractivity contribution is 0.414. The van der Waals surface area contributed by atoms with E-state index >= 15 is 0 Å². The van der Waals surface area contributed by atoms with Gasteiger partial charge in [-0.2, -0.15) is 0 Å². The van der Waals surface area contributed by atoms with Gasteiger partial charge in [-0.15, -0.1) is 0 Å². The summed E-state index contributed by atoms with van der Waals surface area (Å²) in [7, 11) is 1.71. The summed E-state index contributed by atoms with van der Waals surface area (Å²) in [5.41, 5.74) is 1.29. The Morgan fingerprint density at radius 2 is 2.06 bits per heavy atom. The molecular weight excluding hydrogens is 196 g/mol. The molecule has 0 heterocycles. The quantitative estimate of drug-likeness (QED) is 0.610. The van der Waals surface area contributed by atoms with Crippen molar-refractivity contribution in [3.05, 3.63) is 36.8 Å².